The average molecular weight is 414 g/mol. The summed E-state index contributed by atoms with van der Waals surface area (Å²) < 4.78 is 1.68. The van der Waals surface area contributed by atoms with Gasteiger partial charge in [0.2, 0.25) is 5.91 Å². The fraction of sp³-hybridized carbons (Fsp3) is 0.381. The van der Waals surface area contributed by atoms with Crippen molar-refractivity contribution >= 4 is 39.2 Å². The van der Waals surface area contributed by atoms with Gasteiger partial charge in [0.1, 0.15) is 4.83 Å². The smallest absolute Gasteiger partial charge is 0.267 e. The number of nitrogens with zero attached hydrogens (tertiary/aromatic N) is 3. The number of fused-ring (bicyclic) bond motifs is 1. The van der Waals surface area contributed by atoms with E-state index >= 15 is 0 Å². The van der Waals surface area contributed by atoms with E-state index in [1.54, 1.807) is 15.9 Å². The van der Waals surface area contributed by atoms with Crippen LogP contribution in [-0.4, -0.2) is 39.2 Å². The van der Waals surface area contributed by atoms with Crippen molar-refractivity contribution in [3.63, 3.8) is 0 Å². The molecule has 0 spiro atoms. The van der Waals surface area contributed by atoms with Gasteiger partial charge in [-0.1, -0.05) is 29.5 Å². The first-order valence-electron chi connectivity index (χ1n) is 9.37. The fourth-order valence-corrected chi connectivity index (χ4v) is 5.40. The summed E-state index contributed by atoms with van der Waals surface area (Å²) in [5.41, 5.74) is 3.92. The van der Waals surface area contributed by atoms with Gasteiger partial charge in [0.05, 0.1) is 16.8 Å². The second-order valence-corrected chi connectivity index (χ2v) is 9.46. The number of aryl methyl sites for hydroxylation is 4. The Balaban J connectivity index is 1.86. The fourth-order valence-electron chi connectivity index (χ4n) is 3.42. The summed E-state index contributed by atoms with van der Waals surface area (Å²) in [4.78, 5) is 34.4. The lowest BCUT2D eigenvalue weighted by molar-refractivity contribution is -0.131. The lowest BCUT2D eigenvalue weighted by atomic mass is 10.1. The maximum Gasteiger partial charge on any atom is 0.267 e. The molecule has 1 saturated heterocycles. The Labute approximate surface area is 172 Å². The van der Waals surface area contributed by atoms with E-state index in [-0.39, 0.29) is 11.5 Å². The number of carbonyl (C=O) groups is 1. The molecule has 0 atom stereocenters. The second kappa shape index (κ2) is 7.37. The zero-order valence-corrected chi connectivity index (χ0v) is 18.2. The minimum absolute atomic E-state index is 0.0577. The number of thiophene rings is 1. The minimum atomic E-state index is -0.0577. The monoisotopic (exact) mass is 413 g/mol. The molecule has 0 aliphatic carbocycles. The van der Waals surface area contributed by atoms with Crippen LogP contribution in [0.3, 0.4) is 0 Å². The van der Waals surface area contributed by atoms with Gasteiger partial charge >= 0.3 is 0 Å². The van der Waals surface area contributed by atoms with Crippen LogP contribution in [0.1, 0.15) is 28.0 Å². The van der Waals surface area contributed by atoms with E-state index in [0.29, 0.717) is 16.3 Å². The highest BCUT2D eigenvalue weighted by molar-refractivity contribution is 7.99. The molecule has 0 saturated carbocycles. The molecule has 0 radical (unpaired) electrons. The van der Waals surface area contributed by atoms with Crippen molar-refractivity contribution in [2.24, 2.45) is 0 Å². The number of benzene rings is 1. The van der Waals surface area contributed by atoms with Crippen molar-refractivity contribution in [1.29, 1.82) is 0 Å². The van der Waals surface area contributed by atoms with Crippen molar-refractivity contribution in [2.45, 2.75) is 39.3 Å². The highest BCUT2D eigenvalue weighted by Crippen LogP contribution is 2.30. The first-order chi connectivity index (χ1) is 13.4. The molecule has 2 aromatic heterocycles. The van der Waals surface area contributed by atoms with Gasteiger partial charge in [-0.2, -0.15) is 0 Å². The molecule has 0 unspecified atom stereocenters. The van der Waals surface area contributed by atoms with Crippen LogP contribution in [0.25, 0.3) is 15.9 Å². The number of hydrogen-bond donors (Lipinski definition) is 0. The van der Waals surface area contributed by atoms with Crippen LogP contribution >= 0.6 is 23.1 Å². The number of carbonyl (C=O) groups excluding carboxylic acids is 1. The molecule has 3 heterocycles. The third-order valence-corrected chi connectivity index (χ3v) is 7.32. The third-order valence-electron chi connectivity index (χ3n) is 5.30. The number of rotatable bonds is 4. The van der Waals surface area contributed by atoms with E-state index < -0.39 is 0 Å². The topological polar surface area (TPSA) is 55.2 Å². The highest BCUT2D eigenvalue weighted by Gasteiger charge is 2.23. The molecule has 1 amide bonds. The van der Waals surface area contributed by atoms with Gasteiger partial charge < -0.3 is 4.90 Å². The summed E-state index contributed by atoms with van der Waals surface area (Å²) in [7, 11) is 0. The van der Waals surface area contributed by atoms with Gasteiger partial charge in [0, 0.05) is 18.0 Å². The van der Waals surface area contributed by atoms with Gasteiger partial charge in [-0.25, -0.2) is 4.98 Å². The first-order valence-corrected chi connectivity index (χ1v) is 11.2. The Morgan fingerprint density at radius 3 is 2.61 bits per heavy atom. The third kappa shape index (κ3) is 3.26. The van der Waals surface area contributed by atoms with Crippen molar-refractivity contribution in [3.8, 4) is 5.69 Å². The number of aromatic nitrogens is 2. The molecular weight excluding hydrogens is 390 g/mol. The van der Waals surface area contributed by atoms with Crippen molar-refractivity contribution in [3.05, 3.63) is 50.1 Å². The van der Waals surface area contributed by atoms with Gasteiger partial charge in [0.25, 0.3) is 5.56 Å². The van der Waals surface area contributed by atoms with Crippen LogP contribution < -0.4 is 5.56 Å². The lowest BCUT2D eigenvalue weighted by Crippen LogP contribution is -2.43. The average Bonchev–Trinajstić information content (AvgIpc) is 2.87. The maximum atomic E-state index is 13.5. The van der Waals surface area contributed by atoms with Crippen LogP contribution in [0.4, 0.5) is 0 Å². The summed E-state index contributed by atoms with van der Waals surface area (Å²) in [5.74, 6) is 0.406. The molecule has 7 heteroatoms. The molecule has 5 nitrogen and oxygen atoms in total. The van der Waals surface area contributed by atoms with Crippen molar-refractivity contribution in [1.82, 2.24) is 14.5 Å². The van der Waals surface area contributed by atoms with Crippen LogP contribution in [-0.2, 0) is 4.79 Å². The summed E-state index contributed by atoms with van der Waals surface area (Å²) in [5, 5.41) is 1.26. The Bertz CT molecular complexity index is 1140. The maximum absolute atomic E-state index is 13.5. The Kier molecular flexibility index (Phi) is 5.05. The largest absolute Gasteiger partial charge is 0.342 e. The van der Waals surface area contributed by atoms with Gasteiger partial charge in [-0.3, -0.25) is 14.2 Å². The Morgan fingerprint density at radius 1 is 1.21 bits per heavy atom. The Hall–Kier alpha value is -2.12. The van der Waals surface area contributed by atoms with Crippen LogP contribution in [0, 0.1) is 27.7 Å². The minimum Gasteiger partial charge on any atom is -0.342 e. The van der Waals surface area contributed by atoms with E-state index in [9.17, 15) is 9.59 Å². The second-order valence-electron chi connectivity index (χ2n) is 7.31. The van der Waals surface area contributed by atoms with Crippen LogP contribution in [0.2, 0.25) is 0 Å². The summed E-state index contributed by atoms with van der Waals surface area (Å²) >= 11 is 2.89. The molecule has 3 aromatic rings. The highest BCUT2D eigenvalue weighted by atomic mass is 32.2. The van der Waals surface area contributed by atoms with E-state index in [4.69, 9.17) is 4.98 Å². The van der Waals surface area contributed by atoms with Crippen LogP contribution in [0.5, 0.6) is 0 Å². The zero-order chi connectivity index (χ0) is 20.0. The number of thioether (sulfide) groups is 1. The van der Waals surface area contributed by atoms with E-state index in [2.05, 4.69) is 6.07 Å². The summed E-state index contributed by atoms with van der Waals surface area (Å²) in [6.45, 7) is 9.70. The van der Waals surface area contributed by atoms with Gasteiger partial charge in [0.15, 0.2) is 5.16 Å². The predicted octanol–water partition coefficient (Wildman–Crippen LogP) is 4.01. The number of hydrogen-bond acceptors (Lipinski definition) is 5. The van der Waals surface area contributed by atoms with E-state index in [0.717, 1.165) is 51.6 Å². The lowest BCUT2D eigenvalue weighted by Gasteiger charge is -2.30. The SMILES string of the molecule is Cc1ccc(-n2c(SCC(=O)N3CCC3)nc3sc(C)c(C)c3c2=O)c(C)c1. The van der Waals surface area contributed by atoms with Crippen molar-refractivity contribution < 1.29 is 4.79 Å². The predicted molar refractivity (Wildman–Crippen MR) is 116 cm³/mol. The molecule has 1 aromatic carbocycles. The molecule has 1 aliphatic rings. The molecule has 0 N–H and O–H groups in total. The van der Waals surface area contributed by atoms with Gasteiger partial charge in [-0.15, -0.1) is 11.3 Å². The molecule has 4 rings (SSSR count). The molecule has 28 heavy (non-hydrogen) atoms. The summed E-state index contributed by atoms with van der Waals surface area (Å²) in [6.07, 6.45) is 1.07. The zero-order valence-electron chi connectivity index (χ0n) is 16.5. The molecule has 0 bridgehead atoms. The number of amides is 1. The standard InChI is InChI=1S/C21H23N3O2S2/c1-12-6-7-16(13(2)10-12)24-20(26)18-14(3)15(4)28-19(18)22-21(24)27-11-17(25)23-8-5-9-23/h6-7,10H,5,8-9,11H2,1-4H3. The Morgan fingerprint density at radius 2 is 1.96 bits per heavy atom. The normalized spacial score (nSPS) is 13.8. The first kappa shape index (κ1) is 19.2. The van der Waals surface area contributed by atoms with E-state index in [1.165, 1.54) is 11.8 Å². The van der Waals surface area contributed by atoms with Gasteiger partial charge in [-0.05, 0) is 51.3 Å². The van der Waals surface area contributed by atoms with Crippen molar-refractivity contribution in [2.75, 3.05) is 18.8 Å². The molecule has 1 fully saturated rings. The number of likely N-dealkylation sites (tertiary alicyclic amines) is 1. The summed E-state index contributed by atoms with van der Waals surface area (Å²) in [6, 6.07) is 6.04. The molecular formula is C21H23N3O2S2. The molecule has 1 aliphatic heterocycles. The molecule has 146 valence electrons. The van der Waals surface area contributed by atoms with Crippen LogP contribution in [0.15, 0.2) is 28.2 Å². The quantitative estimate of drug-likeness (QED) is 0.479. The van der Waals surface area contributed by atoms with E-state index in [1.807, 2.05) is 44.7 Å².